The standard InChI is InChI=1S/C17H19NO3/c1-20-12-13-21-18-17(19)16(14-8-4-2-5-9-14)15-10-6-3-7-11-15/h2-11,16H,12-13H2,1H3,(H,18,19). The largest absolute Gasteiger partial charge is 0.382 e. The van der Waals surface area contributed by atoms with E-state index in [1.165, 1.54) is 0 Å². The molecular weight excluding hydrogens is 266 g/mol. The van der Waals surface area contributed by atoms with Gasteiger partial charge in [-0.15, -0.1) is 0 Å². The lowest BCUT2D eigenvalue weighted by atomic mass is 9.91. The quantitative estimate of drug-likeness (QED) is 0.628. The molecule has 0 aliphatic carbocycles. The highest BCUT2D eigenvalue weighted by Crippen LogP contribution is 2.24. The maximum Gasteiger partial charge on any atom is 0.255 e. The summed E-state index contributed by atoms with van der Waals surface area (Å²) in [7, 11) is 1.59. The summed E-state index contributed by atoms with van der Waals surface area (Å²) in [6.45, 7) is 0.750. The number of carbonyl (C=O) groups is 1. The van der Waals surface area contributed by atoms with E-state index < -0.39 is 5.92 Å². The molecule has 21 heavy (non-hydrogen) atoms. The van der Waals surface area contributed by atoms with Crippen molar-refractivity contribution >= 4 is 5.91 Å². The van der Waals surface area contributed by atoms with Crippen molar-refractivity contribution in [3.63, 3.8) is 0 Å². The molecule has 0 fully saturated rings. The van der Waals surface area contributed by atoms with Crippen LogP contribution >= 0.6 is 0 Å². The van der Waals surface area contributed by atoms with Crippen LogP contribution in [0.4, 0.5) is 0 Å². The van der Waals surface area contributed by atoms with Gasteiger partial charge in [-0.05, 0) is 11.1 Å². The molecule has 0 unspecified atom stereocenters. The molecule has 0 heterocycles. The zero-order chi connectivity index (χ0) is 14.9. The molecule has 2 rings (SSSR count). The van der Waals surface area contributed by atoms with Crippen molar-refractivity contribution in [2.45, 2.75) is 5.92 Å². The summed E-state index contributed by atoms with van der Waals surface area (Å²) in [6.07, 6.45) is 0. The molecule has 4 heteroatoms. The first-order chi connectivity index (χ1) is 10.3. The minimum absolute atomic E-state index is 0.191. The van der Waals surface area contributed by atoms with Crippen molar-refractivity contribution in [1.82, 2.24) is 5.48 Å². The van der Waals surface area contributed by atoms with Crippen LogP contribution in [-0.2, 0) is 14.4 Å². The number of hydroxylamine groups is 1. The third kappa shape index (κ3) is 4.41. The van der Waals surface area contributed by atoms with Gasteiger partial charge in [0.25, 0.3) is 5.91 Å². The molecule has 0 atom stereocenters. The molecule has 0 aromatic heterocycles. The Morgan fingerprint density at radius 3 is 1.95 bits per heavy atom. The highest BCUT2D eigenvalue weighted by atomic mass is 16.7. The molecular formula is C17H19NO3. The van der Waals surface area contributed by atoms with E-state index in [9.17, 15) is 4.79 Å². The van der Waals surface area contributed by atoms with Crippen LogP contribution in [0, 0.1) is 0 Å². The Kier molecular flexibility index (Phi) is 5.94. The second kappa shape index (κ2) is 8.19. The van der Waals surface area contributed by atoms with Gasteiger partial charge < -0.3 is 4.74 Å². The molecule has 2 aromatic rings. The van der Waals surface area contributed by atoms with Gasteiger partial charge in [-0.2, -0.15) is 0 Å². The van der Waals surface area contributed by atoms with Crippen LogP contribution in [0.15, 0.2) is 60.7 Å². The normalized spacial score (nSPS) is 10.6. The minimum atomic E-state index is -0.394. The Hall–Kier alpha value is -2.17. The van der Waals surface area contributed by atoms with E-state index in [1.807, 2.05) is 60.7 Å². The molecule has 1 amide bonds. The minimum Gasteiger partial charge on any atom is -0.382 e. The van der Waals surface area contributed by atoms with Crippen molar-refractivity contribution in [1.29, 1.82) is 0 Å². The van der Waals surface area contributed by atoms with E-state index in [4.69, 9.17) is 9.57 Å². The van der Waals surface area contributed by atoms with E-state index >= 15 is 0 Å². The van der Waals surface area contributed by atoms with Crippen molar-refractivity contribution in [3.8, 4) is 0 Å². The molecule has 2 aromatic carbocycles. The van der Waals surface area contributed by atoms with Crippen LogP contribution in [0.1, 0.15) is 17.0 Å². The number of ether oxygens (including phenoxy) is 1. The number of benzene rings is 2. The molecule has 1 N–H and O–H groups in total. The van der Waals surface area contributed by atoms with Crippen LogP contribution in [0.5, 0.6) is 0 Å². The summed E-state index contributed by atoms with van der Waals surface area (Å²) in [4.78, 5) is 17.6. The lowest BCUT2D eigenvalue weighted by Gasteiger charge is -2.17. The van der Waals surface area contributed by atoms with E-state index in [0.29, 0.717) is 13.2 Å². The SMILES string of the molecule is COCCONC(=O)C(c1ccccc1)c1ccccc1. The Morgan fingerprint density at radius 1 is 0.952 bits per heavy atom. The third-order valence-electron chi connectivity index (χ3n) is 3.09. The van der Waals surface area contributed by atoms with Gasteiger partial charge in [0, 0.05) is 7.11 Å². The Labute approximate surface area is 124 Å². The van der Waals surface area contributed by atoms with Crippen molar-refractivity contribution < 1.29 is 14.4 Å². The number of nitrogens with one attached hydrogen (secondary N) is 1. The lowest BCUT2D eigenvalue weighted by molar-refractivity contribution is -0.135. The summed E-state index contributed by atoms with van der Waals surface area (Å²) >= 11 is 0. The first kappa shape index (κ1) is 15.2. The van der Waals surface area contributed by atoms with E-state index in [1.54, 1.807) is 7.11 Å². The molecule has 0 radical (unpaired) electrons. The summed E-state index contributed by atoms with van der Waals surface area (Å²) in [5.41, 5.74) is 4.35. The molecule has 0 saturated carbocycles. The Balaban J connectivity index is 2.15. The maximum absolute atomic E-state index is 12.4. The smallest absolute Gasteiger partial charge is 0.255 e. The zero-order valence-electron chi connectivity index (χ0n) is 12.0. The van der Waals surface area contributed by atoms with E-state index in [-0.39, 0.29) is 5.91 Å². The first-order valence-corrected chi connectivity index (χ1v) is 6.83. The molecule has 0 aliphatic heterocycles. The molecule has 0 saturated heterocycles. The Morgan fingerprint density at radius 2 is 1.48 bits per heavy atom. The summed E-state index contributed by atoms with van der Waals surface area (Å²) in [5.74, 6) is -0.585. The van der Waals surface area contributed by atoms with Gasteiger partial charge in [-0.3, -0.25) is 9.63 Å². The van der Waals surface area contributed by atoms with E-state index in [0.717, 1.165) is 11.1 Å². The highest BCUT2D eigenvalue weighted by Gasteiger charge is 2.22. The molecule has 0 aliphatic rings. The number of hydrogen-bond donors (Lipinski definition) is 1. The summed E-state index contributed by atoms with van der Waals surface area (Å²) < 4.78 is 4.88. The van der Waals surface area contributed by atoms with Gasteiger partial charge in [0.1, 0.15) is 0 Å². The second-order valence-corrected chi connectivity index (χ2v) is 4.56. The fourth-order valence-electron chi connectivity index (χ4n) is 2.09. The van der Waals surface area contributed by atoms with Crippen molar-refractivity contribution in [2.24, 2.45) is 0 Å². The van der Waals surface area contributed by atoms with Crippen LogP contribution in [0.2, 0.25) is 0 Å². The number of amides is 1. The second-order valence-electron chi connectivity index (χ2n) is 4.56. The van der Waals surface area contributed by atoms with Crippen LogP contribution in [-0.4, -0.2) is 26.2 Å². The van der Waals surface area contributed by atoms with Gasteiger partial charge in [-0.25, -0.2) is 5.48 Å². The van der Waals surface area contributed by atoms with Crippen molar-refractivity contribution in [3.05, 3.63) is 71.8 Å². The third-order valence-corrected chi connectivity index (χ3v) is 3.09. The molecule has 110 valence electrons. The molecule has 4 nitrogen and oxygen atoms in total. The van der Waals surface area contributed by atoms with Crippen LogP contribution in [0.3, 0.4) is 0 Å². The topological polar surface area (TPSA) is 47.6 Å². The predicted molar refractivity (Wildman–Crippen MR) is 80.7 cm³/mol. The fourth-order valence-corrected chi connectivity index (χ4v) is 2.09. The fraction of sp³-hybridized carbons (Fsp3) is 0.235. The average Bonchev–Trinajstić information content (AvgIpc) is 2.54. The summed E-state index contributed by atoms with van der Waals surface area (Å²) in [6, 6.07) is 19.3. The first-order valence-electron chi connectivity index (χ1n) is 6.83. The van der Waals surface area contributed by atoms with Gasteiger partial charge in [0.05, 0.1) is 19.1 Å². The number of hydrogen-bond acceptors (Lipinski definition) is 3. The maximum atomic E-state index is 12.4. The zero-order valence-corrected chi connectivity index (χ0v) is 12.0. The van der Waals surface area contributed by atoms with Crippen LogP contribution < -0.4 is 5.48 Å². The lowest BCUT2D eigenvalue weighted by Crippen LogP contribution is -2.31. The number of methoxy groups -OCH3 is 1. The number of carbonyl (C=O) groups excluding carboxylic acids is 1. The van der Waals surface area contributed by atoms with Crippen LogP contribution in [0.25, 0.3) is 0 Å². The molecule has 0 bridgehead atoms. The van der Waals surface area contributed by atoms with Gasteiger partial charge in [-0.1, -0.05) is 60.7 Å². The van der Waals surface area contributed by atoms with Gasteiger partial charge in [0.15, 0.2) is 0 Å². The van der Waals surface area contributed by atoms with Crippen molar-refractivity contribution in [2.75, 3.05) is 20.3 Å². The van der Waals surface area contributed by atoms with E-state index in [2.05, 4.69) is 5.48 Å². The Bertz CT molecular complexity index is 503. The average molecular weight is 285 g/mol. The van der Waals surface area contributed by atoms with Gasteiger partial charge in [0.2, 0.25) is 0 Å². The summed E-state index contributed by atoms with van der Waals surface area (Å²) in [5, 5.41) is 0. The monoisotopic (exact) mass is 285 g/mol. The highest BCUT2D eigenvalue weighted by molar-refractivity contribution is 5.86. The van der Waals surface area contributed by atoms with Gasteiger partial charge >= 0.3 is 0 Å². The molecule has 0 spiro atoms. The predicted octanol–water partition coefficient (Wildman–Crippen LogP) is 2.51. The number of rotatable bonds is 7.